The molecule has 9 nitrogen and oxygen atoms in total. The minimum Gasteiger partial charge on any atom is -0.384 e. The second-order valence-corrected chi connectivity index (χ2v) is 9.76. The number of benzene rings is 1. The molecular formula is C23H23F4N7O2. The van der Waals surface area contributed by atoms with Crippen LogP contribution in [-0.4, -0.2) is 78.4 Å². The number of anilines is 1. The number of nitrogens with zero attached hydrogens (tertiary/aromatic N) is 7. The quantitative estimate of drug-likeness (QED) is 0.543. The number of carbonyl (C=O) groups excluding carboxylic acids is 1. The highest BCUT2D eigenvalue weighted by atomic mass is 19.2. The summed E-state index contributed by atoms with van der Waals surface area (Å²) in [4.78, 5) is 24.7. The van der Waals surface area contributed by atoms with Gasteiger partial charge in [0.25, 0.3) is 5.91 Å². The molecule has 190 valence electrons. The largest absolute Gasteiger partial charge is 0.384 e. The lowest BCUT2D eigenvalue weighted by atomic mass is 9.94. The van der Waals surface area contributed by atoms with Crippen LogP contribution in [0.15, 0.2) is 30.6 Å². The third kappa shape index (κ3) is 3.77. The summed E-state index contributed by atoms with van der Waals surface area (Å²) >= 11 is 0. The van der Waals surface area contributed by atoms with Crippen LogP contribution in [0, 0.1) is 18.6 Å². The predicted molar refractivity (Wildman–Crippen MR) is 119 cm³/mol. The zero-order chi connectivity index (χ0) is 26.0. The standard InChI is InChI=1S/C23H23F4N7O2/c1-13-17(25)18(21(2,3)36)31-20(30-13)33-11-22(26)9-32(10-23(22,27)12-33)19(35)15-8-14(24)4-5-16(15)34-28-6-7-29-34/h4-8,36H,9-12H2,1-3H3/t22-,23+. The molecule has 36 heavy (non-hydrogen) atoms. The van der Waals surface area contributed by atoms with Crippen molar-refractivity contribution in [2.45, 2.75) is 37.7 Å². The van der Waals surface area contributed by atoms with Crippen LogP contribution in [0.4, 0.5) is 23.5 Å². The van der Waals surface area contributed by atoms with Crippen molar-refractivity contribution in [1.82, 2.24) is 29.9 Å². The van der Waals surface area contributed by atoms with Crippen LogP contribution in [0.25, 0.3) is 5.69 Å². The fourth-order valence-corrected chi connectivity index (χ4v) is 4.73. The van der Waals surface area contributed by atoms with E-state index in [1.165, 1.54) is 44.1 Å². The molecule has 3 aromatic rings. The molecule has 1 N–H and O–H groups in total. The van der Waals surface area contributed by atoms with E-state index in [0.29, 0.717) is 0 Å². The molecule has 2 saturated heterocycles. The van der Waals surface area contributed by atoms with Crippen molar-refractivity contribution in [2.24, 2.45) is 0 Å². The van der Waals surface area contributed by atoms with Crippen LogP contribution in [0.1, 0.15) is 35.6 Å². The molecule has 0 aliphatic carbocycles. The van der Waals surface area contributed by atoms with Gasteiger partial charge in [0.05, 0.1) is 55.5 Å². The first-order chi connectivity index (χ1) is 16.8. The van der Waals surface area contributed by atoms with Crippen molar-refractivity contribution in [1.29, 1.82) is 0 Å². The van der Waals surface area contributed by atoms with Gasteiger partial charge in [-0.3, -0.25) is 4.79 Å². The van der Waals surface area contributed by atoms with Crippen LogP contribution < -0.4 is 4.90 Å². The second kappa shape index (κ2) is 7.95. The summed E-state index contributed by atoms with van der Waals surface area (Å²) in [6.45, 7) is 1.86. The first-order valence-corrected chi connectivity index (χ1v) is 11.2. The number of rotatable bonds is 4. The highest BCUT2D eigenvalue weighted by Crippen LogP contribution is 2.46. The summed E-state index contributed by atoms with van der Waals surface area (Å²) in [6.07, 6.45) is 2.75. The molecular weight excluding hydrogens is 482 g/mol. The van der Waals surface area contributed by atoms with E-state index in [1.54, 1.807) is 0 Å². The molecule has 4 heterocycles. The third-order valence-electron chi connectivity index (χ3n) is 6.55. The third-order valence-corrected chi connectivity index (χ3v) is 6.55. The van der Waals surface area contributed by atoms with E-state index in [4.69, 9.17) is 0 Å². The Balaban J connectivity index is 1.42. The normalized spacial score (nSPS) is 23.9. The molecule has 2 fully saturated rings. The number of carbonyl (C=O) groups is 1. The van der Waals surface area contributed by atoms with Gasteiger partial charge in [0.1, 0.15) is 17.1 Å². The van der Waals surface area contributed by atoms with E-state index in [2.05, 4.69) is 20.2 Å². The lowest BCUT2D eigenvalue weighted by Crippen LogP contribution is -2.44. The summed E-state index contributed by atoms with van der Waals surface area (Å²) in [5.74, 6) is -2.39. The molecule has 0 radical (unpaired) electrons. The van der Waals surface area contributed by atoms with E-state index < -0.39 is 60.7 Å². The van der Waals surface area contributed by atoms with Crippen LogP contribution in [0.2, 0.25) is 0 Å². The van der Waals surface area contributed by atoms with Gasteiger partial charge in [-0.15, -0.1) is 0 Å². The molecule has 1 aromatic carbocycles. The maximum atomic E-state index is 16.0. The van der Waals surface area contributed by atoms with E-state index in [0.717, 1.165) is 21.8 Å². The van der Waals surface area contributed by atoms with Gasteiger partial charge >= 0.3 is 0 Å². The smallest absolute Gasteiger partial charge is 0.256 e. The number of aliphatic hydroxyl groups is 1. The number of amides is 1. The Kier molecular flexibility index (Phi) is 5.32. The first kappa shape index (κ1) is 24.1. The SMILES string of the molecule is Cc1nc(N2C[C@]3(F)CN(C(=O)c4cc(F)ccc4-n4nccn4)C[C@]3(F)C2)nc(C(C)(C)O)c1F. The predicted octanol–water partition coefficient (Wildman–Crippen LogP) is 2.26. The second-order valence-electron chi connectivity index (χ2n) is 9.76. The molecule has 1 amide bonds. The van der Waals surface area contributed by atoms with Crippen LogP contribution >= 0.6 is 0 Å². The van der Waals surface area contributed by atoms with Gasteiger partial charge < -0.3 is 14.9 Å². The van der Waals surface area contributed by atoms with Gasteiger partial charge in [-0.1, -0.05) is 0 Å². The number of likely N-dealkylation sites (tertiary alicyclic amines) is 1. The van der Waals surface area contributed by atoms with Gasteiger partial charge in [0, 0.05) is 0 Å². The Hall–Kier alpha value is -3.61. The van der Waals surface area contributed by atoms with Crippen molar-refractivity contribution < 1.29 is 27.5 Å². The number of aromatic nitrogens is 5. The van der Waals surface area contributed by atoms with Gasteiger partial charge in [-0.25, -0.2) is 27.5 Å². The number of aryl methyl sites for hydroxylation is 1. The van der Waals surface area contributed by atoms with Crippen molar-refractivity contribution in [3.63, 3.8) is 0 Å². The Bertz CT molecular complexity index is 1330. The highest BCUT2D eigenvalue weighted by Gasteiger charge is 2.67. The van der Waals surface area contributed by atoms with Crippen molar-refractivity contribution in [2.75, 3.05) is 31.1 Å². The van der Waals surface area contributed by atoms with Crippen LogP contribution in [0.3, 0.4) is 0 Å². The van der Waals surface area contributed by atoms with Crippen LogP contribution in [0.5, 0.6) is 0 Å². The monoisotopic (exact) mass is 505 g/mol. The van der Waals surface area contributed by atoms with Gasteiger partial charge in [-0.2, -0.15) is 15.0 Å². The van der Waals surface area contributed by atoms with E-state index in [1.807, 2.05) is 0 Å². The Labute approximate surface area is 203 Å². The topological polar surface area (TPSA) is 100 Å². The zero-order valence-electron chi connectivity index (χ0n) is 19.7. The fourth-order valence-electron chi connectivity index (χ4n) is 4.73. The lowest BCUT2D eigenvalue weighted by Gasteiger charge is -2.25. The van der Waals surface area contributed by atoms with Gasteiger partial charge in [0.15, 0.2) is 17.2 Å². The molecule has 2 atom stereocenters. The lowest BCUT2D eigenvalue weighted by molar-refractivity contribution is 0.0491. The molecule has 5 rings (SSSR count). The maximum absolute atomic E-state index is 16.0. The maximum Gasteiger partial charge on any atom is 0.256 e. The van der Waals surface area contributed by atoms with E-state index in [9.17, 15) is 18.7 Å². The Morgan fingerprint density at radius 2 is 1.64 bits per heavy atom. The number of hydrogen-bond donors (Lipinski definition) is 1. The summed E-state index contributed by atoms with van der Waals surface area (Å²) < 4.78 is 60.5. The number of alkyl halides is 2. The fraction of sp³-hybridized carbons (Fsp3) is 0.435. The molecule has 2 aliphatic heterocycles. The molecule has 2 aromatic heterocycles. The van der Waals surface area contributed by atoms with Gasteiger partial charge in [0.2, 0.25) is 5.95 Å². The van der Waals surface area contributed by atoms with E-state index in [-0.39, 0.29) is 28.6 Å². The number of halogens is 4. The Morgan fingerprint density at radius 1 is 1.03 bits per heavy atom. The Morgan fingerprint density at radius 3 is 2.22 bits per heavy atom. The highest BCUT2D eigenvalue weighted by molar-refractivity contribution is 5.98. The summed E-state index contributed by atoms with van der Waals surface area (Å²) in [5.41, 5.74) is -6.94. The average Bonchev–Trinajstić information content (AvgIpc) is 3.46. The van der Waals surface area contributed by atoms with Crippen molar-refractivity contribution >= 4 is 11.9 Å². The summed E-state index contributed by atoms with van der Waals surface area (Å²) in [6, 6.07) is 3.42. The molecule has 2 aliphatic rings. The van der Waals surface area contributed by atoms with Crippen LogP contribution in [-0.2, 0) is 5.60 Å². The summed E-state index contributed by atoms with van der Waals surface area (Å²) in [7, 11) is 0. The number of hydrogen-bond acceptors (Lipinski definition) is 7. The first-order valence-electron chi connectivity index (χ1n) is 11.2. The zero-order valence-corrected chi connectivity index (χ0v) is 19.7. The van der Waals surface area contributed by atoms with E-state index >= 15 is 8.78 Å². The minimum atomic E-state index is -2.49. The summed E-state index contributed by atoms with van der Waals surface area (Å²) in [5, 5.41) is 18.2. The number of fused-ring (bicyclic) bond motifs is 1. The van der Waals surface area contributed by atoms with Gasteiger partial charge in [-0.05, 0) is 39.0 Å². The molecule has 0 spiro atoms. The molecule has 13 heteroatoms. The van der Waals surface area contributed by atoms with Crippen molar-refractivity contribution in [3.05, 3.63) is 59.2 Å². The average molecular weight is 505 g/mol. The molecule has 0 bridgehead atoms. The van der Waals surface area contributed by atoms with Crippen molar-refractivity contribution in [3.8, 4) is 5.69 Å². The molecule has 0 unspecified atom stereocenters. The molecule has 0 saturated carbocycles. The minimum absolute atomic E-state index is 0.0716.